The standard InChI is InChI=1S/C34H64O5/c1-3-5-7-9-11-13-15-16-17-18-19-21-23-25-27-29-34(37)39-32(30-35)31-38-33(36)28-26-24-22-20-14-12-10-8-6-4-2/h16-17,32,35H,3-15,18-31H2,1-2H3/b17-16-. The number of esters is 2. The molecule has 0 rings (SSSR count). The molecule has 0 radical (unpaired) electrons. The lowest BCUT2D eigenvalue weighted by molar-refractivity contribution is -0.161. The molecular formula is C34H64O5. The fraction of sp³-hybridized carbons (Fsp3) is 0.882. The molecule has 0 amide bonds. The predicted molar refractivity (Wildman–Crippen MR) is 164 cm³/mol. The number of carbonyl (C=O) groups excluding carboxylic acids is 2. The van der Waals surface area contributed by atoms with Crippen LogP contribution in [0.2, 0.25) is 0 Å². The third kappa shape index (κ3) is 29.4. The maximum Gasteiger partial charge on any atom is 0.306 e. The van der Waals surface area contributed by atoms with E-state index in [1.807, 2.05) is 0 Å². The van der Waals surface area contributed by atoms with Gasteiger partial charge in [-0.25, -0.2) is 0 Å². The third-order valence-corrected chi connectivity index (χ3v) is 7.31. The number of unbranched alkanes of at least 4 members (excludes halogenated alkanes) is 20. The van der Waals surface area contributed by atoms with Gasteiger partial charge in [-0.15, -0.1) is 0 Å². The van der Waals surface area contributed by atoms with Crippen molar-refractivity contribution in [3.05, 3.63) is 12.2 Å². The lowest BCUT2D eigenvalue weighted by atomic mass is 10.1. The van der Waals surface area contributed by atoms with Crippen molar-refractivity contribution in [1.29, 1.82) is 0 Å². The minimum Gasteiger partial charge on any atom is -0.462 e. The molecule has 0 spiro atoms. The Hall–Kier alpha value is -1.36. The summed E-state index contributed by atoms with van der Waals surface area (Å²) < 4.78 is 10.5. The Labute approximate surface area is 241 Å². The Balaban J connectivity index is 3.58. The summed E-state index contributed by atoms with van der Waals surface area (Å²) in [4.78, 5) is 24.0. The Morgan fingerprint density at radius 1 is 0.564 bits per heavy atom. The number of aliphatic hydroxyl groups excluding tert-OH is 1. The van der Waals surface area contributed by atoms with Crippen molar-refractivity contribution < 1.29 is 24.2 Å². The molecule has 0 aromatic carbocycles. The van der Waals surface area contributed by atoms with Crippen molar-refractivity contribution in [2.45, 2.75) is 180 Å². The number of hydrogen-bond acceptors (Lipinski definition) is 5. The molecule has 0 aromatic heterocycles. The van der Waals surface area contributed by atoms with Gasteiger partial charge in [0, 0.05) is 12.8 Å². The first kappa shape index (κ1) is 37.6. The van der Waals surface area contributed by atoms with Crippen molar-refractivity contribution in [2.24, 2.45) is 0 Å². The van der Waals surface area contributed by atoms with Gasteiger partial charge in [0.1, 0.15) is 6.61 Å². The Kier molecular flexibility index (Phi) is 30.1. The molecule has 0 aliphatic heterocycles. The Morgan fingerprint density at radius 2 is 0.949 bits per heavy atom. The number of hydrogen-bond donors (Lipinski definition) is 1. The molecule has 1 unspecified atom stereocenters. The zero-order valence-corrected chi connectivity index (χ0v) is 25.9. The molecule has 0 aliphatic rings. The molecular weight excluding hydrogens is 488 g/mol. The van der Waals surface area contributed by atoms with Crippen LogP contribution < -0.4 is 0 Å². The van der Waals surface area contributed by atoms with Crippen LogP contribution in [0.5, 0.6) is 0 Å². The van der Waals surface area contributed by atoms with Crippen molar-refractivity contribution >= 4 is 11.9 Å². The van der Waals surface area contributed by atoms with Crippen molar-refractivity contribution in [3.8, 4) is 0 Å². The number of ether oxygens (including phenoxy) is 2. The van der Waals surface area contributed by atoms with Gasteiger partial charge in [0.2, 0.25) is 0 Å². The summed E-state index contributed by atoms with van der Waals surface area (Å²) >= 11 is 0. The zero-order chi connectivity index (χ0) is 28.7. The fourth-order valence-electron chi connectivity index (χ4n) is 4.72. The molecule has 1 N–H and O–H groups in total. The Morgan fingerprint density at radius 3 is 1.38 bits per heavy atom. The van der Waals surface area contributed by atoms with Crippen LogP contribution in [0.15, 0.2) is 12.2 Å². The number of rotatable bonds is 30. The van der Waals surface area contributed by atoms with Crippen molar-refractivity contribution in [2.75, 3.05) is 13.2 Å². The van der Waals surface area contributed by atoms with Gasteiger partial charge in [0.15, 0.2) is 6.10 Å². The molecule has 39 heavy (non-hydrogen) atoms. The largest absolute Gasteiger partial charge is 0.462 e. The molecule has 0 fully saturated rings. The van der Waals surface area contributed by atoms with E-state index in [2.05, 4.69) is 26.0 Å². The predicted octanol–water partition coefficient (Wildman–Crippen LogP) is 9.78. The van der Waals surface area contributed by atoms with Crippen molar-refractivity contribution in [1.82, 2.24) is 0 Å². The van der Waals surface area contributed by atoms with Crippen LogP contribution in [-0.2, 0) is 19.1 Å². The molecule has 5 nitrogen and oxygen atoms in total. The van der Waals surface area contributed by atoms with E-state index in [4.69, 9.17) is 9.47 Å². The van der Waals surface area contributed by atoms with Gasteiger partial charge in [-0.2, -0.15) is 0 Å². The van der Waals surface area contributed by atoms with E-state index in [1.54, 1.807) is 0 Å². The van der Waals surface area contributed by atoms with Crippen LogP contribution in [-0.4, -0.2) is 36.4 Å². The second-order valence-electron chi connectivity index (χ2n) is 11.2. The minimum atomic E-state index is -0.766. The van der Waals surface area contributed by atoms with E-state index in [0.717, 1.165) is 44.9 Å². The number of aliphatic hydroxyl groups is 1. The summed E-state index contributed by atoms with van der Waals surface area (Å²) in [5.41, 5.74) is 0. The van der Waals surface area contributed by atoms with Crippen LogP contribution in [0.25, 0.3) is 0 Å². The maximum atomic E-state index is 12.1. The van der Waals surface area contributed by atoms with Gasteiger partial charge < -0.3 is 14.6 Å². The SMILES string of the molecule is CCCCCCCC/C=C\CCCCCCCC(=O)OC(CO)COC(=O)CCCCCCCCCCCC. The van der Waals surface area contributed by atoms with Gasteiger partial charge in [0.05, 0.1) is 6.61 Å². The average molecular weight is 553 g/mol. The third-order valence-electron chi connectivity index (χ3n) is 7.31. The van der Waals surface area contributed by atoms with Crippen LogP contribution in [0.3, 0.4) is 0 Å². The highest BCUT2D eigenvalue weighted by Crippen LogP contribution is 2.13. The van der Waals surface area contributed by atoms with Gasteiger partial charge in [-0.05, 0) is 38.5 Å². The average Bonchev–Trinajstić information content (AvgIpc) is 2.94. The van der Waals surface area contributed by atoms with E-state index in [0.29, 0.717) is 12.8 Å². The highest BCUT2D eigenvalue weighted by Gasteiger charge is 2.16. The summed E-state index contributed by atoms with van der Waals surface area (Å²) in [6.45, 7) is 4.10. The van der Waals surface area contributed by atoms with E-state index < -0.39 is 6.10 Å². The normalized spacial score (nSPS) is 12.2. The van der Waals surface area contributed by atoms with E-state index in [-0.39, 0.29) is 25.2 Å². The number of allylic oxidation sites excluding steroid dienone is 2. The first-order valence-corrected chi connectivity index (χ1v) is 16.7. The molecule has 0 saturated heterocycles. The van der Waals surface area contributed by atoms with Crippen LogP contribution in [0.4, 0.5) is 0 Å². The van der Waals surface area contributed by atoms with Crippen LogP contribution in [0, 0.1) is 0 Å². The highest BCUT2D eigenvalue weighted by molar-refractivity contribution is 5.70. The quantitative estimate of drug-likeness (QED) is 0.0545. The molecule has 0 aliphatic carbocycles. The molecule has 230 valence electrons. The molecule has 0 heterocycles. The molecule has 0 bridgehead atoms. The topological polar surface area (TPSA) is 72.8 Å². The van der Waals surface area contributed by atoms with Crippen LogP contribution in [0.1, 0.15) is 174 Å². The molecule has 0 saturated carbocycles. The molecule has 5 heteroatoms. The van der Waals surface area contributed by atoms with Gasteiger partial charge in [-0.3, -0.25) is 9.59 Å². The minimum absolute atomic E-state index is 0.0643. The first-order valence-electron chi connectivity index (χ1n) is 16.7. The van der Waals surface area contributed by atoms with E-state index >= 15 is 0 Å². The summed E-state index contributed by atoms with van der Waals surface area (Å²) in [7, 11) is 0. The maximum absolute atomic E-state index is 12.1. The monoisotopic (exact) mass is 552 g/mol. The summed E-state index contributed by atoms with van der Waals surface area (Å²) in [6.07, 6.45) is 32.6. The smallest absolute Gasteiger partial charge is 0.306 e. The zero-order valence-electron chi connectivity index (χ0n) is 25.9. The summed E-state index contributed by atoms with van der Waals surface area (Å²) in [5, 5.41) is 9.48. The fourth-order valence-corrected chi connectivity index (χ4v) is 4.72. The highest BCUT2D eigenvalue weighted by atomic mass is 16.6. The second kappa shape index (κ2) is 31.2. The summed E-state index contributed by atoms with van der Waals surface area (Å²) in [6, 6.07) is 0. The van der Waals surface area contributed by atoms with E-state index in [9.17, 15) is 14.7 Å². The lowest BCUT2D eigenvalue weighted by Gasteiger charge is -2.15. The van der Waals surface area contributed by atoms with Gasteiger partial charge in [0.25, 0.3) is 0 Å². The Bertz CT molecular complexity index is 560. The molecule has 1 atom stereocenters. The van der Waals surface area contributed by atoms with Crippen molar-refractivity contribution in [3.63, 3.8) is 0 Å². The number of carbonyl (C=O) groups is 2. The molecule has 0 aromatic rings. The van der Waals surface area contributed by atoms with Gasteiger partial charge >= 0.3 is 11.9 Å². The van der Waals surface area contributed by atoms with Gasteiger partial charge in [-0.1, -0.05) is 135 Å². The summed E-state index contributed by atoms with van der Waals surface area (Å²) in [5.74, 6) is -0.598. The van der Waals surface area contributed by atoms with E-state index in [1.165, 1.54) is 103 Å². The van der Waals surface area contributed by atoms with Crippen LogP contribution >= 0.6 is 0 Å². The first-order chi connectivity index (χ1) is 19.1. The lowest BCUT2D eigenvalue weighted by Crippen LogP contribution is -2.28. The second-order valence-corrected chi connectivity index (χ2v) is 11.2.